The Balaban J connectivity index is 3.81. The fourth-order valence-corrected chi connectivity index (χ4v) is 1.00. The predicted molar refractivity (Wildman–Crippen MR) is 61.9 cm³/mol. The summed E-state index contributed by atoms with van der Waals surface area (Å²) in [7, 11) is 0. The summed E-state index contributed by atoms with van der Waals surface area (Å²) >= 11 is 0. The topological polar surface area (TPSA) is 67.4 Å². The van der Waals surface area contributed by atoms with Crippen LogP contribution in [0.4, 0.5) is 0 Å². The second-order valence-electron chi connectivity index (χ2n) is 4.07. The lowest BCUT2D eigenvalue weighted by Gasteiger charge is -2.15. The summed E-state index contributed by atoms with van der Waals surface area (Å²) in [6.45, 7) is 8.59. The number of carbonyl (C=O) groups is 2. The van der Waals surface area contributed by atoms with Crippen LogP contribution in [-0.2, 0) is 14.3 Å². The van der Waals surface area contributed by atoms with Crippen LogP contribution in [0.2, 0.25) is 0 Å². The van der Waals surface area contributed by atoms with Crippen molar-refractivity contribution in [2.45, 2.75) is 33.7 Å². The first kappa shape index (κ1) is 14.9. The van der Waals surface area contributed by atoms with Crippen LogP contribution in [-0.4, -0.2) is 37.6 Å². The third-order valence-electron chi connectivity index (χ3n) is 1.89. The van der Waals surface area contributed by atoms with Gasteiger partial charge in [-0.3, -0.25) is 9.59 Å². The minimum absolute atomic E-state index is 0.00169. The summed E-state index contributed by atoms with van der Waals surface area (Å²) in [5, 5.41) is 5.31. The molecule has 2 N–H and O–H groups in total. The second kappa shape index (κ2) is 8.10. The Morgan fingerprint density at radius 1 is 1.25 bits per heavy atom. The number of ether oxygens (including phenoxy) is 1. The van der Waals surface area contributed by atoms with Gasteiger partial charge in [-0.2, -0.15) is 0 Å². The first-order valence-electron chi connectivity index (χ1n) is 5.62. The zero-order valence-electron chi connectivity index (χ0n) is 10.5. The van der Waals surface area contributed by atoms with E-state index in [-0.39, 0.29) is 18.4 Å². The number of rotatable bonds is 7. The molecule has 0 aliphatic carbocycles. The molecule has 1 unspecified atom stereocenters. The number of carbonyl (C=O) groups excluding carboxylic acids is 2. The maximum Gasteiger partial charge on any atom is 0.246 e. The molecule has 0 rings (SSSR count). The summed E-state index contributed by atoms with van der Waals surface area (Å²) in [5.74, 6) is -0.0390. The van der Waals surface area contributed by atoms with Crippen molar-refractivity contribution >= 4 is 11.8 Å². The van der Waals surface area contributed by atoms with Crippen molar-refractivity contribution in [2.24, 2.45) is 5.92 Å². The molecule has 0 aliphatic heterocycles. The maximum atomic E-state index is 11.5. The van der Waals surface area contributed by atoms with Crippen LogP contribution in [0.1, 0.15) is 27.7 Å². The summed E-state index contributed by atoms with van der Waals surface area (Å²) in [5.41, 5.74) is 0. The predicted octanol–water partition coefficient (Wildman–Crippen LogP) is 0.300. The normalized spacial score (nSPS) is 12.3. The van der Waals surface area contributed by atoms with Gasteiger partial charge in [0.15, 0.2) is 0 Å². The van der Waals surface area contributed by atoms with E-state index in [0.29, 0.717) is 19.1 Å². The van der Waals surface area contributed by atoms with E-state index < -0.39 is 6.04 Å². The Labute approximate surface area is 96.9 Å². The Kier molecular flexibility index (Phi) is 7.54. The lowest BCUT2D eigenvalue weighted by atomic mass is 10.2. The standard InChI is InChI=1S/C11H22N2O3/c1-5-16-7-10(14)13-9(4)11(15)12-6-8(2)3/h8-9H,5-7H2,1-4H3,(H,12,15)(H,13,14). The highest BCUT2D eigenvalue weighted by Crippen LogP contribution is 1.89. The molecule has 2 amide bonds. The van der Waals surface area contributed by atoms with E-state index in [1.165, 1.54) is 0 Å². The van der Waals surface area contributed by atoms with Crippen molar-refractivity contribution in [3.05, 3.63) is 0 Å². The van der Waals surface area contributed by atoms with Crippen molar-refractivity contribution < 1.29 is 14.3 Å². The molecule has 94 valence electrons. The largest absolute Gasteiger partial charge is 0.372 e. The molecule has 0 spiro atoms. The van der Waals surface area contributed by atoms with E-state index in [9.17, 15) is 9.59 Å². The lowest BCUT2D eigenvalue weighted by molar-refractivity contribution is -0.131. The molecule has 0 heterocycles. The number of hydrogen-bond acceptors (Lipinski definition) is 3. The highest BCUT2D eigenvalue weighted by molar-refractivity contribution is 5.87. The molecule has 0 aromatic rings. The zero-order valence-corrected chi connectivity index (χ0v) is 10.5. The SMILES string of the molecule is CCOCC(=O)NC(C)C(=O)NCC(C)C. The van der Waals surface area contributed by atoms with Gasteiger partial charge in [0.25, 0.3) is 0 Å². The first-order valence-corrected chi connectivity index (χ1v) is 5.62. The molecule has 5 nitrogen and oxygen atoms in total. The van der Waals surface area contributed by atoms with Crippen molar-refractivity contribution in [3.8, 4) is 0 Å². The lowest BCUT2D eigenvalue weighted by Crippen LogP contribution is -2.46. The fraction of sp³-hybridized carbons (Fsp3) is 0.818. The molecule has 0 aliphatic rings. The summed E-state index contributed by atoms with van der Waals surface area (Å²) < 4.78 is 4.93. The molecule has 0 saturated heterocycles. The highest BCUT2D eigenvalue weighted by Gasteiger charge is 2.14. The zero-order chi connectivity index (χ0) is 12.6. The summed E-state index contributed by atoms with van der Waals surface area (Å²) in [4.78, 5) is 22.7. The Bertz CT molecular complexity index is 229. The van der Waals surface area contributed by atoms with Gasteiger partial charge in [0.2, 0.25) is 11.8 Å². The molecule has 0 saturated carbocycles. The minimum Gasteiger partial charge on any atom is -0.372 e. The Morgan fingerprint density at radius 2 is 1.88 bits per heavy atom. The highest BCUT2D eigenvalue weighted by atomic mass is 16.5. The monoisotopic (exact) mass is 230 g/mol. The van der Waals surface area contributed by atoms with Gasteiger partial charge in [0.1, 0.15) is 12.6 Å². The van der Waals surface area contributed by atoms with E-state index in [0.717, 1.165) is 0 Å². The van der Waals surface area contributed by atoms with Crippen molar-refractivity contribution in [1.29, 1.82) is 0 Å². The molecule has 0 aromatic heterocycles. The summed E-state index contributed by atoms with van der Waals surface area (Å²) in [6.07, 6.45) is 0. The third kappa shape index (κ3) is 7.23. The second-order valence-corrected chi connectivity index (χ2v) is 4.07. The van der Waals surface area contributed by atoms with Gasteiger partial charge in [-0.1, -0.05) is 13.8 Å². The molecule has 1 atom stereocenters. The molecule has 0 bridgehead atoms. The molecule has 5 heteroatoms. The number of amides is 2. The fourth-order valence-electron chi connectivity index (χ4n) is 1.00. The van der Waals surface area contributed by atoms with Gasteiger partial charge in [0.05, 0.1) is 0 Å². The van der Waals surface area contributed by atoms with Gasteiger partial charge >= 0.3 is 0 Å². The van der Waals surface area contributed by atoms with Crippen LogP contribution < -0.4 is 10.6 Å². The third-order valence-corrected chi connectivity index (χ3v) is 1.89. The maximum absolute atomic E-state index is 11.5. The molecule has 16 heavy (non-hydrogen) atoms. The van der Waals surface area contributed by atoms with E-state index in [2.05, 4.69) is 10.6 Å². The van der Waals surface area contributed by atoms with Crippen LogP contribution in [0, 0.1) is 5.92 Å². The molecule has 0 fully saturated rings. The Hall–Kier alpha value is -1.10. The van der Waals surface area contributed by atoms with Gasteiger partial charge in [-0.05, 0) is 19.8 Å². The van der Waals surface area contributed by atoms with Gasteiger partial charge in [-0.25, -0.2) is 0 Å². The van der Waals surface area contributed by atoms with Crippen molar-refractivity contribution in [1.82, 2.24) is 10.6 Å². The van der Waals surface area contributed by atoms with Crippen LogP contribution in [0.25, 0.3) is 0 Å². The quantitative estimate of drug-likeness (QED) is 0.661. The summed E-state index contributed by atoms with van der Waals surface area (Å²) in [6, 6.07) is -0.522. The molecule has 0 aromatic carbocycles. The van der Waals surface area contributed by atoms with Crippen molar-refractivity contribution in [2.75, 3.05) is 19.8 Å². The van der Waals surface area contributed by atoms with E-state index >= 15 is 0 Å². The average Bonchev–Trinajstić information content (AvgIpc) is 2.22. The molecular formula is C11H22N2O3. The van der Waals surface area contributed by atoms with E-state index in [1.807, 2.05) is 20.8 Å². The minimum atomic E-state index is -0.522. The van der Waals surface area contributed by atoms with Gasteiger partial charge in [0, 0.05) is 13.2 Å². The van der Waals surface area contributed by atoms with Crippen LogP contribution >= 0.6 is 0 Å². The van der Waals surface area contributed by atoms with Crippen LogP contribution in [0.15, 0.2) is 0 Å². The smallest absolute Gasteiger partial charge is 0.246 e. The molecular weight excluding hydrogens is 208 g/mol. The average molecular weight is 230 g/mol. The van der Waals surface area contributed by atoms with Gasteiger partial charge in [-0.15, -0.1) is 0 Å². The first-order chi connectivity index (χ1) is 7.47. The van der Waals surface area contributed by atoms with Crippen LogP contribution in [0.3, 0.4) is 0 Å². The van der Waals surface area contributed by atoms with Crippen LogP contribution in [0.5, 0.6) is 0 Å². The Morgan fingerprint density at radius 3 is 2.38 bits per heavy atom. The van der Waals surface area contributed by atoms with Crippen molar-refractivity contribution in [3.63, 3.8) is 0 Å². The van der Waals surface area contributed by atoms with E-state index in [1.54, 1.807) is 6.92 Å². The van der Waals surface area contributed by atoms with E-state index in [4.69, 9.17) is 4.74 Å². The number of hydrogen-bond donors (Lipinski definition) is 2. The van der Waals surface area contributed by atoms with Gasteiger partial charge < -0.3 is 15.4 Å². The molecule has 0 radical (unpaired) electrons. The number of nitrogens with one attached hydrogen (secondary N) is 2.